The zero-order chi connectivity index (χ0) is 13.7. The molecule has 0 aliphatic carbocycles. The summed E-state index contributed by atoms with van der Waals surface area (Å²) in [6, 6.07) is 10.7. The number of hydrogen-bond donors (Lipinski definition) is 0. The molecule has 1 fully saturated rings. The molecule has 0 radical (unpaired) electrons. The van der Waals surface area contributed by atoms with Gasteiger partial charge in [-0.15, -0.1) is 0 Å². The van der Waals surface area contributed by atoms with Crippen molar-refractivity contribution in [2.24, 2.45) is 0 Å². The first kappa shape index (κ1) is 15.0. The minimum atomic E-state index is 0.0670. The Morgan fingerprint density at radius 3 is 2.63 bits per heavy atom. The molecule has 1 aliphatic rings. The van der Waals surface area contributed by atoms with Crippen LogP contribution in [0.2, 0.25) is 0 Å². The van der Waals surface area contributed by atoms with Gasteiger partial charge in [0.1, 0.15) is 0 Å². The Balaban J connectivity index is 1.89. The van der Waals surface area contributed by atoms with Gasteiger partial charge < -0.3 is 4.74 Å². The van der Waals surface area contributed by atoms with Gasteiger partial charge >= 0.3 is 0 Å². The third-order valence-corrected chi connectivity index (χ3v) is 4.02. The first-order valence-electron chi connectivity index (χ1n) is 7.09. The van der Waals surface area contributed by atoms with E-state index in [2.05, 4.69) is 65.0 Å². The Morgan fingerprint density at radius 2 is 2.05 bits per heavy atom. The average molecular weight is 326 g/mol. The van der Waals surface area contributed by atoms with Crippen molar-refractivity contribution in [1.82, 2.24) is 4.90 Å². The van der Waals surface area contributed by atoms with E-state index in [1.54, 1.807) is 0 Å². The van der Waals surface area contributed by atoms with E-state index in [1.807, 2.05) is 0 Å². The Labute approximate surface area is 125 Å². The van der Waals surface area contributed by atoms with E-state index in [-0.39, 0.29) is 5.60 Å². The molecule has 1 unspecified atom stereocenters. The third-order valence-electron chi connectivity index (χ3n) is 3.67. The van der Waals surface area contributed by atoms with Gasteiger partial charge in [0.05, 0.1) is 11.7 Å². The van der Waals surface area contributed by atoms with E-state index in [9.17, 15) is 0 Å². The lowest BCUT2D eigenvalue weighted by atomic mass is 10.1. The number of ether oxygens (including phenoxy) is 1. The molecule has 19 heavy (non-hydrogen) atoms. The second-order valence-corrected chi connectivity index (χ2v) is 6.74. The van der Waals surface area contributed by atoms with Crippen molar-refractivity contribution >= 4 is 15.9 Å². The molecule has 0 bridgehead atoms. The van der Waals surface area contributed by atoms with Crippen molar-refractivity contribution in [2.75, 3.05) is 18.4 Å². The van der Waals surface area contributed by atoms with Gasteiger partial charge in [-0.05, 0) is 32.3 Å². The van der Waals surface area contributed by atoms with Crippen LogP contribution in [0.5, 0.6) is 0 Å². The van der Waals surface area contributed by atoms with Crippen LogP contribution < -0.4 is 0 Å². The molecule has 0 saturated carbocycles. The van der Waals surface area contributed by atoms with Crippen LogP contribution in [0.3, 0.4) is 0 Å². The topological polar surface area (TPSA) is 12.5 Å². The van der Waals surface area contributed by atoms with E-state index in [4.69, 9.17) is 4.74 Å². The van der Waals surface area contributed by atoms with Crippen LogP contribution in [0.25, 0.3) is 0 Å². The van der Waals surface area contributed by atoms with Crippen molar-refractivity contribution in [3.05, 3.63) is 35.9 Å². The molecule has 106 valence electrons. The Morgan fingerprint density at radius 1 is 1.32 bits per heavy atom. The van der Waals surface area contributed by atoms with Crippen molar-refractivity contribution in [2.45, 2.75) is 44.9 Å². The SMILES string of the molecule is CC1(C)CCC(CN(CCBr)Cc2ccccc2)O1. The van der Waals surface area contributed by atoms with Crippen molar-refractivity contribution in [1.29, 1.82) is 0 Å². The van der Waals surface area contributed by atoms with E-state index in [0.717, 1.165) is 25.0 Å². The lowest BCUT2D eigenvalue weighted by molar-refractivity contribution is -0.0288. The third kappa shape index (κ3) is 4.90. The fraction of sp³-hybridized carbons (Fsp3) is 0.625. The van der Waals surface area contributed by atoms with Gasteiger partial charge in [-0.25, -0.2) is 0 Å². The van der Waals surface area contributed by atoms with Crippen LogP contribution >= 0.6 is 15.9 Å². The van der Waals surface area contributed by atoms with Gasteiger partial charge in [-0.3, -0.25) is 4.90 Å². The van der Waals surface area contributed by atoms with Gasteiger partial charge in [0.25, 0.3) is 0 Å². The maximum absolute atomic E-state index is 6.11. The highest BCUT2D eigenvalue weighted by Gasteiger charge is 2.32. The average Bonchev–Trinajstić information content (AvgIpc) is 2.70. The number of halogens is 1. The first-order chi connectivity index (χ1) is 9.09. The molecule has 1 aromatic rings. The minimum Gasteiger partial charge on any atom is -0.371 e. The molecule has 1 aliphatic heterocycles. The van der Waals surface area contributed by atoms with Crippen LogP contribution in [0.15, 0.2) is 30.3 Å². The smallest absolute Gasteiger partial charge is 0.0710 e. The molecule has 0 aromatic heterocycles. The molecule has 0 N–H and O–H groups in total. The summed E-state index contributed by atoms with van der Waals surface area (Å²) >= 11 is 3.55. The van der Waals surface area contributed by atoms with E-state index in [0.29, 0.717) is 6.10 Å². The van der Waals surface area contributed by atoms with E-state index < -0.39 is 0 Å². The summed E-state index contributed by atoms with van der Waals surface area (Å²) in [7, 11) is 0. The molecule has 3 heteroatoms. The summed E-state index contributed by atoms with van der Waals surface area (Å²) in [5.74, 6) is 0. The lowest BCUT2D eigenvalue weighted by Crippen LogP contribution is -2.34. The number of hydrogen-bond acceptors (Lipinski definition) is 2. The molecule has 1 aromatic carbocycles. The molecule has 1 heterocycles. The van der Waals surface area contributed by atoms with Crippen LogP contribution in [-0.2, 0) is 11.3 Å². The molecule has 1 atom stereocenters. The van der Waals surface area contributed by atoms with Crippen LogP contribution in [0, 0.1) is 0 Å². The van der Waals surface area contributed by atoms with Gasteiger partial charge in [-0.1, -0.05) is 46.3 Å². The zero-order valence-electron chi connectivity index (χ0n) is 11.9. The van der Waals surface area contributed by atoms with Gasteiger partial charge in [0.2, 0.25) is 0 Å². The molecular weight excluding hydrogens is 302 g/mol. The van der Waals surface area contributed by atoms with Crippen molar-refractivity contribution < 1.29 is 4.74 Å². The number of alkyl halides is 1. The summed E-state index contributed by atoms with van der Waals surface area (Å²) in [6.45, 7) is 7.49. The van der Waals surface area contributed by atoms with Crippen LogP contribution in [-0.4, -0.2) is 35.0 Å². The Hall–Kier alpha value is -0.380. The maximum atomic E-state index is 6.11. The standard InChI is InChI=1S/C16H24BrNO/c1-16(2)9-8-15(19-16)13-18(11-10-17)12-14-6-4-3-5-7-14/h3-7,15H,8-13H2,1-2H3. The summed E-state index contributed by atoms with van der Waals surface area (Å²) in [6.07, 6.45) is 2.74. The first-order valence-corrected chi connectivity index (χ1v) is 8.21. The summed E-state index contributed by atoms with van der Waals surface area (Å²) in [5, 5.41) is 1.01. The normalized spacial score (nSPS) is 22.0. The highest BCUT2D eigenvalue weighted by Crippen LogP contribution is 2.29. The number of nitrogens with zero attached hydrogens (tertiary/aromatic N) is 1. The fourth-order valence-corrected chi connectivity index (χ4v) is 3.19. The van der Waals surface area contributed by atoms with Crippen molar-refractivity contribution in [3.63, 3.8) is 0 Å². The summed E-state index contributed by atoms with van der Waals surface area (Å²) in [5.41, 5.74) is 1.44. The van der Waals surface area contributed by atoms with Crippen LogP contribution in [0.1, 0.15) is 32.3 Å². The highest BCUT2D eigenvalue weighted by molar-refractivity contribution is 9.09. The predicted molar refractivity (Wildman–Crippen MR) is 83.7 cm³/mol. The predicted octanol–water partition coefficient (Wildman–Crippen LogP) is 3.84. The van der Waals surface area contributed by atoms with E-state index in [1.165, 1.54) is 18.4 Å². The molecule has 1 saturated heterocycles. The Bertz CT molecular complexity index is 380. The van der Waals surface area contributed by atoms with Crippen molar-refractivity contribution in [3.8, 4) is 0 Å². The highest BCUT2D eigenvalue weighted by atomic mass is 79.9. The number of benzene rings is 1. The minimum absolute atomic E-state index is 0.0670. The van der Waals surface area contributed by atoms with Crippen LogP contribution in [0.4, 0.5) is 0 Å². The molecule has 0 amide bonds. The lowest BCUT2D eigenvalue weighted by Gasteiger charge is -2.26. The molecule has 0 spiro atoms. The number of rotatable bonds is 6. The van der Waals surface area contributed by atoms with Gasteiger partial charge in [-0.2, -0.15) is 0 Å². The van der Waals surface area contributed by atoms with Gasteiger partial charge in [0, 0.05) is 25.0 Å². The van der Waals surface area contributed by atoms with Gasteiger partial charge in [0.15, 0.2) is 0 Å². The summed E-state index contributed by atoms with van der Waals surface area (Å²) < 4.78 is 6.11. The largest absolute Gasteiger partial charge is 0.371 e. The fourth-order valence-electron chi connectivity index (χ4n) is 2.69. The Kier molecular flexibility index (Phi) is 5.43. The summed E-state index contributed by atoms with van der Waals surface area (Å²) in [4.78, 5) is 2.48. The molecule has 2 nitrogen and oxygen atoms in total. The second kappa shape index (κ2) is 6.87. The molecular formula is C16H24BrNO. The van der Waals surface area contributed by atoms with E-state index >= 15 is 0 Å². The quantitative estimate of drug-likeness (QED) is 0.737. The zero-order valence-corrected chi connectivity index (χ0v) is 13.5. The maximum Gasteiger partial charge on any atom is 0.0710 e. The monoisotopic (exact) mass is 325 g/mol. The second-order valence-electron chi connectivity index (χ2n) is 5.95. The molecule has 2 rings (SSSR count).